The van der Waals surface area contributed by atoms with Crippen molar-refractivity contribution in [3.63, 3.8) is 0 Å². The van der Waals surface area contributed by atoms with Crippen LogP contribution in [0.3, 0.4) is 0 Å². The maximum atomic E-state index is 12.7. The number of carbonyl (C=O) groups is 1. The van der Waals surface area contributed by atoms with Crippen LogP contribution in [0, 0.1) is 0 Å². The number of anilines is 1. The topological polar surface area (TPSA) is 103 Å². The normalized spacial score (nSPS) is 13.2. The van der Waals surface area contributed by atoms with E-state index in [9.17, 15) is 9.59 Å². The first-order chi connectivity index (χ1) is 15.2. The molecule has 4 rings (SSSR count). The number of ether oxygens (including phenoxy) is 1. The number of nitrogens with zero attached hydrogens (tertiary/aromatic N) is 3. The summed E-state index contributed by atoms with van der Waals surface area (Å²) in [6.07, 6.45) is 5.57. The van der Waals surface area contributed by atoms with Crippen LogP contribution in [0.25, 0.3) is 11.6 Å². The number of unbranched alkanes of at least 4 members (excludes halogenated alkanes) is 1. The van der Waals surface area contributed by atoms with E-state index in [1.54, 1.807) is 35.1 Å². The molecule has 0 radical (unpaired) electrons. The molecule has 164 valence electrons. The summed E-state index contributed by atoms with van der Waals surface area (Å²) in [5.41, 5.74) is 0.477. The molecule has 1 aliphatic carbocycles. The minimum absolute atomic E-state index is 0.173. The van der Waals surface area contributed by atoms with Gasteiger partial charge in [0, 0.05) is 18.3 Å². The zero-order valence-electron chi connectivity index (χ0n) is 17.5. The maximum absolute atomic E-state index is 12.7. The van der Waals surface area contributed by atoms with E-state index in [0.717, 1.165) is 31.4 Å². The van der Waals surface area contributed by atoms with Gasteiger partial charge in [0.15, 0.2) is 5.76 Å². The van der Waals surface area contributed by atoms with E-state index in [1.807, 2.05) is 12.1 Å². The summed E-state index contributed by atoms with van der Waals surface area (Å²) in [5.74, 6) is 1.87. The largest absolute Gasteiger partial charge is 0.494 e. The average Bonchev–Trinajstić information content (AvgIpc) is 3.34. The van der Waals surface area contributed by atoms with Crippen molar-refractivity contribution in [3.8, 4) is 17.3 Å². The molecule has 1 saturated carbocycles. The van der Waals surface area contributed by atoms with Gasteiger partial charge >= 0.3 is 11.7 Å². The summed E-state index contributed by atoms with van der Waals surface area (Å²) >= 11 is 0. The zero-order valence-corrected chi connectivity index (χ0v) is 17.5. The molecule has 1 fully saturated rings. The third-order valence-corrected chi connectivity index (χ3v) is 5.01. The van der Waals surface area contributed by atoms with E-state index >= 15 is 0 Å². The van der Waals surface area contributed by atoms with E-state index in [2.05, 4.69) is 22.7 Å². The molecule has 0 spiro atoms. The van der Waals surface area contributed by atoms with Gasteiger partial charge in [-0.05, 0) is 55.7 Å². The lowest BCUT2D eigenvalue weighted by Crippen LogP contribution is -2.34. The second-order valence-corrected chi connectivity index (χ2v) is 7.52. The highest BCUT2D eigenvalue weighted by atomic mass is 16.5. The Hall–Kier alpha value is -3.49. The van der Waals surface area contributed by atoms with Crippen LogP contribution in [0.5, 0.6) is 5.75 Å². The van der Waals surface area contributed by atoms with Crippen LogP contribution in [0.2, 0.25) is 0 Å². The highest BCUT2D eigenvalue weighted by Gasteiger charge is 2.31. The Bertz CT molecular complexity index is 1050. The van der Waals surface area contributed by atoms with Gasteiger partial charge in [0.05, 0.1) is 19.4 Å². The molecule has 0 atom stereocenters. The van der Waals surface area contributed by atoms with Gasteiger partial charge < -0.3 is 19.8 Å². The number of amides is 2. The molecule has 1 aliphatic rings. The van der Waals surface area contributed by atoms with Crippen molar-refractivity contribution in [2.75, 3.05) is 18.5 Å². The van der Waals surface area contributed by atoms with E-state index < -0.39 is 0 Å². The summed E-state index contributed by atoms with van der Waals surface area (Å²) in [4.78, 5) is 24.9. The molecule has 1 aromatic carbocycles. The Morgan fingerprint density at radius 1 is 1.26 bits per heavy atom. The second-order valence-electron chi connectivity index (χ2n) is 7.52. The van der Waals surface area contributed by atoms with Crippen molar-refractivity contribution in [1.29, 1.82) is 0 Å². The van der Waals surface area contributed by atoms with Crippen molar-refractivity contribution < 1.29 is 13.9 Å². The van der Waals surface area contributed by atoms with Crippen LogP contribution in [0.4, 0.5) is 10.5 Å². The smallest absolute Gasteiger partial charge is 0.346 e. The maximum Gasteiger partial charge on any atom is 0.346 e. The molecule has 31 heavy (non-hydrogen) atoms. The number of furan rings is 1. The van der Waals surface area contributed by atoms with Crippen molar-refractivity contribution in [2.24, 2.45) is 0 Å². The molecular formula is C22H27N5O4. The summed E-state index contributed by atoms with van der Waals surface area (Å²) < 4.78 is 14.1. The van der Waals surface area contributed by atoms with Crippen molar-refractivity contribution in [3.05, 3.63) is 53.1 Å². The van der Waals surface area contributed by atoms with Crippen molar-refractivity contribution >= 4 is 11.7 Å². The number of nitrogens with one attached hydrogen (secondary N) is 2. The van der Waals surface area contributed by atoms with Crippen LogP contribution in [-0.2, 0) is 6.54 Å². The number of urea groups is 1. The molecule has 0 bridgehead atoms. The first-order valence-electron chi connectivity index (χ1n) is 10.7. The Morgan fingerprint density at radius 3 is 2.74 bits per heavy atom. The fourth-order valence-electron chi connectivity index (χ4n) is 3.22. The SMILES string of the molecule is CCCCOc1ccc(NC(=O)NCCn2nc(-c3ccco3)n(C3CC3)c2=O)cc1. The summed E-state index contributed by atoms with van der Waals surface area (Å²) in [5, 5.41) is 9.95. The van der Waals surface area contributed by atoms with E-state index in [4.69, 9.17) is 9.15 Å². The molecule has 9 heteroatoms. The number of aromatic nitrogens is 3. The van der Waals surface area contributed by atoms with Gasteiger partial charge in [0.1, 0.15) is 5.75 Å². The molecule has 2 N–H and O–H groups in total. The van der Waals surface area contributed by atoms with Crippen molar-refractivity contribution in [1.82, 2.24) is 19.7 Å². The van der Waals surface area contributed by atoms with Crippen LogP contribution in [0.1, 0.15) is 38.6 Å². The molecule has 2 aromatic heterocycles. The minimum Gasteiger partial charge on any atom is -0.494 e. The lowest BCUT2D eigenvalue weighted by molar-refractivity contribution is 0.251. The monoisotopic (exact) mass is 425 g/mol. The lowest BCUT2D eigenvalue weighted by atomic mass is 10.3. The van der Waals surface area contributed by atoms with Gasteiger partial charge in [0.25, 0.3) is 0 Å². The Labute approximate surface area is 180 Å². The zero-order chi connectivity index (χ0) is 21.6. The standard InChI is InChI=1S/C22H27N5O4/c1-2-3-14-30-18-10-6-16(7-11-18)24-21(28)23-12-13-26-22(29)27(17-8-9-17)20(25-26)19-5-4-15-31-19/h4-7,10-11,15,17H,2-3,8-9,12-14H2,1H3,(H2,23,24,28). The van der Waals surface area contributed by atoms with Crippen molar-refractivity contribution in [2.45, 2.75) is 45.2 Å². The van der Waals surface area contributed by atoms with Gasteiger partial charge in [0.2, 0.25) is 5.82 Å². The average molecular weight is 425 g/mol. The summed E-state index contributed by atoms with van der Waals surface area (Å²) in [7, 11) is 0. The predicted molar refractivity (Wildman–Crippen MR) is 116 cm³/mol. The lowest BCUT2D eigenvalue weighted by Gasteiger charge is -2.09. The fraction of sp³-hybridized carbons (Fsp3) is 0.409. The summed E-state index contributed by atoms with van der Waals surface area (Å²) in [6, 6.07) is 10.6. The molecule has 0 aliphatic heterocycles. The third-order valence-electron chi connectivity index (χ3n) is 5.01. The molecular weight excluding hydrogens is 398 g/mol. The molecule has 3 aromatic rings. The van der Waals surface area contributed by atoms with Crippen LogP contribution < -0.4 is 21.1 Å². The predicted octanol–water partition coefficient (Wildman–Crippen LogP) is 3.64. The summed E-state index contributed by atoms with van der Waals surface area (Å²) in [6.45, 7) is 3.33. The minimum atomic E-state index is -0.347. The number of hydrogen-bond donors (Lipinski definition) is 2. The molecule has 2 amide bonds. The fourth-order valence-corrected chi connectivity index (χ4v) is 3.22. The second kappa shape index (κ2) is 9.55. The van der Waals surface area contributed by atoms with Gasteiger partial charge in [-0.25, -0.2) is 14.3 Å². The molecule has 9 nitrogen and oxygen atoms in total. The van der Waals surface area contributed by atoms with Gasteiger partial charge in [-0.15, -0.1) is 5.10 Å². The first-order valence-corrected chi connectivity index (χ1v) is 10.7. The van der Waals surface area contributed by atoms with Gasteiger partial charge in [-0.3, -0.25) is 4.57 Å². The Balaban J connectivity index is 1.30. The number of rotatable bonds is 10. The van der Waals surface area contributed by atoms with E-state index in [1.165, 1.54) is 4.68 Å². The molecule has 0 saturated heterocycles. The van der Waals surface area contributed by atoms with Crippen LogP contribution in [0.15, 0.2) is 51.9 Å². The van der Waals surface area contributed by atoms with Crippen LogP contribution in [-0.4, -0.2) is 33.5 Å². The van der Waals surface area contributed by atoms with E-state index in [-0.39, 0.29) is 30.9 Å². The van der Waals surface area contributed by atoms with E-state index in [0.29, 0.717) is 23.9 Å². The highest BCUT2D eigenvalue weighted by molar-refractivity contribution is 5.89. The highest BCUT2D eigenvalue weighted by Crippen LogP contribution is 2.36. The van der Waals surface area contributed by atoms with Gasteiger partial charge in [-0.2, -0.15) is 0 Å². The van der Waals surface area contributed by atoms with Crippen LogP contribution >= 0.6 is 0 Å². The van der Waals surface area contributed by atoms with Gasteiger partial charge in [-0.1, -0.05) is 13.3 Å². The first kappa shape index (κ1) is 20.8. The third kappa shape index (κ3) is 5.17. The Morgan fingerprint density at radius 2 is 2.06 bits per heavy atom. The number of benzene rings is 1. The molecule has 0 unspecified atom stereocenters. The molecule has 2 heterocycles. The number of carbonyl (C=O) groups excluding carboxylic acids is 1. The Kier molecular flexibility index (Phi) is 6.40. The number of hydrogen-bond acceptors (Lipinski definition) is 5. The quantitative estimate of drug-likeness (QED) is 0.483.